The van der Waals surface area contributed by atoms with Gasteiger partial charge in [-0.2, -0.15) is 0 Å². The van der Waals surface area contributed by atoms with E-state index in [0.29, 0.717) is 59.5 Å². The Balaban J connectivity index is 2.98. The number of rotatable bonds is 28. The lowest BCUT2D eigenvalue weighted by Crippen LogP contribution is -2.13. The molecule has 0 fully saturated rings. The number of hydrogen-bond acceptors (Lipinski definition) is 6. The van der Waals surface area contributed by atoms with Crippen molar-refractivity contribution in [1.29, 1.82) is 0 Å². The Morgan fingerprint density at radius 1 is 0.355 bits per heavy atom. The summed E-state index contributed by atoms with van der Waals surface area (Å²) in [6.07, 6.45) is 17.9. The molecule has 0 aliphatic carbocycles. The average Bonchev–Trinajstić information content (AvgIpc) is 2.78. The molecule has 0 aliphatic heterocycles. The fraction of sp³-hybridized carbons (Fsp3) is 1.00. The van der Waals surface area contributed by atoms with E-state index in [4.69, 9.17) is 28.8 Å². The molecule has 0 aromatic heterocycles. The molecule has 6 nitrogen and oxygen atoms in total. The van der Waals surface area contributed by atoms with Gasteiger partial charge in [-0.25, -0.2) is 0 Å². The van der Waals surface area contributed by atoms with Crippen LogP contribution in [0.4, 0.5) is 0 Å². The molecular weight excluding hydrogens is 396 g/mol. The molecule has 31 heavy (non-hydrogen) atoms. The monoisotopic (exact) mass is 448 g/mol. The van der Waals surface area contributed by atoms with E-state index in [1.807, 2.05) is 0 Å². The maximum atomic E-state index is 8.55. The van der Waals surface area contributed by atoms with Gasteiger partial charge in [-0.15, -0.1) is 0 Å². The van der Waals surface area contributed by atoms with Gasteiger partial charge >= 0.3 is 0 Å². The highest BCUT2D eigenvalue weighted by Gasteiger charge is 1.95. The first-order valence-electron chi connectivity index (χ1n) is 12.9. The molecule has 0 aromatic carbocycles. The first kappa shape index (κ1) is 30.8. The average molecular weight is 449 g/mol. The third-order valence-electron chi connectivity index (χ3n) is 5.12. The van der Waals surface area contributed by atoms with Crippen molar-refractivity contribution in [2.75, 3.05) is 72.7 Å². The summed E-state index contributed by atoms with van der Waals surface area (Å²) in [5.74, 6) is 0. The van der Waals surface area contributed by atoms with Crippen LogP contribution in [0.1, 0.15) is 90.4 Å². The van der Waals surface area contributed by atoms with E-state index >= 15 is 0 Å². The number of aliphatic hydroxyl groups is 1. The van der Waals surface area contributed by atoms with Gasteiger partial charge in [0.05, 0.1) is 66.1 Å². The summed E-state index contributed by atoms with van der Waals surface area (Å²) < 4.78 is 27.0. The largest absolute Gasteiger partial charge is 0.394 e. The van der Waals surface area contributed by atoms with Crippen LogP contribution in [0.5, 0.6) is 0 Å². The molecule has 0 amide bonds. The van der Waals surface area contributed by atoms with Crippen LogP contribution in [0.2, 0.25) is 0 Å². The molecule has 0 heterocycles. The fourth-order valence-electron chi connectivity index (χ4n) is 3.27. The molecule has 0 spiro atoms. The van der Waals surface area contributed by atoms with Gasteiger partial charge in [-0.3, -0.25) is 0 Å². The fourth-order valence-corrected chi connectivity index (χ4v) is 3.27. The van der Waals surface area contributed by atoms with Crippen molar-refractivity contribution in [3.63, 3.8) is 0 Å². The molecule has 0 rings (SSSR count). The second-order valence-electron chi connectivity index (χ2n) is 8.03. The molecule has 0 bridgehead atoms. The summed E-state index contributed by atoms with van der Waals surface area (Å²) in [4.78, 5) is 0. The van der Waals surface area contributed by atoms with Crippen molar-refractivity contribution in [3.8, 4) is 0 Å². The predicted octanol–water partition coefficient (Wildman–Crippen LogP) is 5.15. The minimum atomic E-state index is 0.0492. The Morgan fingerprint density at radius 2 is 0.645 bits per heavy atom. The topological polar surface area (TPSA) is 66.4 Å². The van der Waals surface area contributed by atoms with Crippen LogP contribution in [0.3, 0.4) is 0 Å². The van der Waals surface area contributed by atoms with Crippen molar-refractivity contribution >= 4 is 0 Å². The smallest absolute Gasteiger partial charge is 0.0701 e. The first-order valence-corrected chi connectivity index (χ1v) is 12.9. The first-order chi connectivity index (χ1) is 15.4. The summed E-state index contributed by atoms with van der Waals surface area (Å²) in [5, 5.41) is 8.55. The van der Waals surface area contributed by atoms with E-state index in [-0.39, 0.29) is 6.61 Å². The molecule has 6 heteroatoms. The highest BCUT2D eigenvalue weighted by atomic mass is 16.6. The third kappa shape index (κ3) is 29.8. The summed E-state index contributed by atoms with van der Waals surface area (Å²) in [6.45, 7) is 8.11. The quantitative estimate of drug-likeness (QED) is 0.167. The second kappa shape index (κ2) is 29.8. The lowest BCUT2D eigenvalue weighted by molar-refractivity contribution is -0.0134. The molecule has 0 saturated carbocycles. The molecule has 0 radical (unpaired) electrons. The maximum absolute atomic E-state index is 8.55. The zero-order valence-corrected chi connectivity index (χ0v) is 20.5. The number of hydrogen-bond donors (Lipinski definition) is 1. The number of aliphatic hydroxyl groups excluding tert-OH is 1. The van der Waals surface area contributed by atoms with Gasteiger partial charge in [-0.1, -0.05) is 84.0 Å². The molecule has 0 aromatic rings. The SMILES string of the molecule is CCCCCCCCCCCCCCCOCCOCCOCCOCCOCCO. The highest BCUT2D eigenvalue weighted by molar-refractivity contribution is 4.49. The second-order valence-corrected chi connectivity index (χ2v) is 8.03. The van der Waals surface area contributed by atoms with Crippen molar-refractivity contribution < 1.29 is 28.8 Å². The summed E-state index contributed by atoms with van der Waals surface area (Å²) in [6, 6.07) is 0. The van der Waals surface area contributed by atoms with Crippen LogP contribution < -0.4 is 0 Å². The normalized spacial score (nSPS) is 11.4. The third-order valence-corrected chi connectivity index (χ3v) is 5.12. The zero-order chi connectivity index (χ0) is 22.5. The van der Waals surface area contributed by atoms with Crippen molar-refractivity contribution in [2.45, 2.75) is 90.4 Å². The standard InChI is InChI=1S/C25H52O6/c1-2-3-4-5-6-7-8-9-10-11-12-13-14-16-27-18-20-29-22-24-31-25-23-30-21-19-28-17-15-26/h26H,2-25H2,1H3. The minimum absolute atomic E-state index is 0.0492. The van der Waals surface area contributed by atoms with Gasteiger partial charge in [0.15, 0.2) is 0 Å². The van der Waals surface area contributed by atoms with E-state index in [9.17, 15) is 0 Å². The van der Waals surface area contributed by atoms with E-state index in [1.54, 1.807) is 0 Å². The molecular formula is C25H52O6. The van der Waals surface area contributed by atoms with Crippen LogP contribution in [0.25, 0.3) is 0 Å². The minimum Gasteiger partial charge on any atom is -0.394 e. The Morgan fingerprint density at radius 3 is 1.00 bits per heavy atom. The molecule has 0 aliphatic rings. The number of unbranched alkanes of at least 4 members (excludes halogenated alkanes) is 12. The van der Waals surface area contributed by atoms with E-state index in [0.717, 1.165) is 13.0 Å². The summed E-state index contributed by atoms with van der Waals surface area (Å²) in [5.41, 5.74) is 0. The Hall–Kier alpha value is -0.240. The van der Waals surface area contributed by atoms with Crippen LogP contribution in [-0.4, -0.2) is 77.8 Å². The van der Waals surface area contributed by atoms with Crippen molar-refractivity contribution in [2.24, 2.45) is 0 Å². The lowest BCUT2D eigenvalue weighted by atomic mass is 10.0. The van der Waals surface area contributed by atoms with Crippen LogP contribution in [0, 0.1) is 0 Å². The van der Waals surface area contributed by atoms with Gasteiger partial charge in [-0.05, 0) is 6.42 Å². The van der Waals surface area contributed by atoms with Gasteiger partial charge < -0.3 is 28.8 Å². The van der Waals surface area contributed by atoms with Crippen LogP contribution >= 0.6 is 0 Å². The Bertz CT molecular complexity index is 276. The van der Waals surface area contributed by atoms with Crippen molar-refractivity contribution in [1.82, 2.24) is 0 Å². The molecule has 0 unspecified atom stereocenters. The Labute approximate surface area is 192 Å². The van der Waals surface area contributed by atoms with Gasteiger partial charge in [0.2, 0.25) is 0 Å². The molecule has 0 atom stereocenters. The summed E-state index contributed by atoms with van der Waals surface area (Å²) in [7, 11) is 0. The van der Waals surface area contributed by atoms with Gasteiger partial charge in [0.1, 0.15) is 0 Å². The van der Waals surface area contributed by atoms with E-state index in [1.165, 1.54) is 77.0 Å². The maximum Gasteiger partial charge on any atom is 0.0701 e. The van der Waals surface area contributed by atoms with Crippen LogP contribution in [0.15, 0.2) is 0 Å². The van der Waals surface area contributed by atoms with Crippen molar-refractivity contribution in [3.05, 3.63) is 0 Å². The van der Waals surface area contributed by atoms with Crippen LogP contribution in [-0.2, 0) is 23.7 Å². The van der Waals surface area contributed by atoms with E-state index in [2.05, 4.69) is 6.92 Å². The number of ether oxygens (including phenoxy) is 5. The highest BCUT2D eigenvalue weighted by Crippen LogP contribution is 2.12. The molecule has 188 valence electrons. The van der Waals surface area contributed by atoms with Gasteiger partial charge in [0, 0.05) is 6.61 Å². The molecule has 1 N–H and O–H groups in total. The Kier molecular flexibility index (Phi) is 29.5. The lowest BCUT2D eigenvalue weighted by Gasteiger charge is -2.08. The zero-order valence-electron chi connectivity index (χ0n) is 20.5. The molecule has 0 saturated heterocycles. The van der Waals surface area contributed by atoms with E-state index < -0.39 is 0 Å². The predicted molar refractivity (Wildman–Crippen MR) is 127 cm³/mol. The summed E-state index contributed by atoms with van der Waals surface area (Å²) >= 11 is 0. The van der Waals surface area contributed by atoms with Gasteiger partial charge in [0.25, 0.3) is 0 Å².